The molecule has 38 heavy (non-hydrogen) atoms. The molecule has 0 bridgehead atoms. The van der Waals surface area contributed by atoms with E-state index in [1.807, 2.05) is 29.2 Å². The summed E-state index contributed by atoms with van der Waals surface area (Å²) in [6.07, 6.45) is 5.49. The molecule has 3 fully saturated rings. The zero-order valence-electron chi connectivity index (χ0n) is 22.8. The number of likely N-dealkylation sites (tertiary alicyclic amines) is 1. The smallest absolute Gasteiger partial charge is 0.253 e. The third-order valence-electron chi connectivity index (χ3n) is 8.85. The lowest BCUT2D eigenvalue weighted by Crippen LogP contribution is -2.45. The molecule has 1 amide bonds. The van der Waals surface area contributed by atoms with Gasteiger partial charge in [0.2, 0.25) is 0 Å². The number of sulfone groups is 1. The number of benzene rings is 2. The summed E-state index contributed by atoms with van der Waals surface area (Å²) in [4.78, 5) is 15.5. The average Bonchev–Trinajstić information content (AvgIpc) is 3.49. The minimum atomic E-state index is -3.23. The number of hydrogen-bond acceptors (Lipinski definition) is 6. The van der Waals surface area contributed by atoms with Crippen LogP contribution in [0.1, 0.15) is 63.2 Å². The third kappa shape index (κ3) is 5.41. The molecule has 3 atom stereocenters. The van der Waals surface area contributed by atoms with Crippen LogP contribution < -0.4 is 0 Å². The highest BCUT2D eigenvalue weighted by molar-refractivity contribution is 7.90. The summed E-state index contributed by atoms with van der Waals surface area (Å²) in [5.41, 5.74) is 1.32. The SMILES string of the molecule is CC(C)(O)[C@@H]1CC[C@](C)([C@H]2CC3(CCN(C(=O)c4ccc(-c5ccc(S(C)(=O)=O)cc5)cc4)CC3)CO2)O1. The molecule has 206 valence electrons. The van der Waals surface area contributed by atoms with Crippen LogP contribution in [-0.4, -0.2) is 73.7 Å². The molecule has 3 heterocycles. The Hall–Kier alpha value is -2.26. The van der Waals surface area contributed by atoms with E-state index in [2.05, 4.69) is 6.92 Å². The van der Waals surface area contributed by atoms with Crippen molar-refractivity contribution in [2.45, 2.75) is 81.2 Å². The van der Waals surface area contributed by atoms with E-state index in [1.165, 1.54) is 6.26 Å². The molecule has 1 N–H and O–H groups in total. The fourth-order valence-corrected chi connectivity index (χ4v) is 6.82. The summed E-state index contributed by atoms with van der Waals surface area (Å²) in [5.74, 6) is 0.0356. The lowest BCUT2D eigenvalue weighted by atomic mass is 9.74. The van der Waals surface area contributed by atoms with Gasteiger partial charge in [-0.3, -0.25) is 4.79 Å². The minimum Gasteiger partial charge on any atom is -0.388 e. The van der Waals surface area contributed by atoms with E-state index in [4.69, 9.17) is 9.47 Å². The highest BCUT2D eigenvalue weighted by Crippen LogP contribution is 2.49. The van der Waals surface area contributed by atoms with Gasteiger partial charge in [0.15, 0.2) is 9.84 Å². The van der Waals surface area contributed by atoms with Crippen molar-refractivity contribution in [2.24, 2.45) is 5.41 Å². The van der Waals surface area contributed by atoms with Gasteiger partial charge >= 0.3 is 0 Å². The number of ether oxygens (including phenoxy) is 2. The Labute approximate surface area is 226 Å². The standard InChI is InChI=1S/C30H39NO6S/c1-28(2,33)25-13-14-29(3,37-25)26-19-30(20-36-26)15-17-31(18-16-30)27(32)23-7-5-21(6-8-23)22-9-11-24(12-10-22)38(4,34)35/h5-12,25-26,33H,13-20H2,1-4H3/t25-,26+,29+/m0/s1. The average molecular weight is 542 g/mol. The van der Waals surface area contributed by atoms with E-state index in [0.717, 1.165) is 43.2 Å². The normalized spacial score (nSPS) is 27.7. The van der Waals surface area contributed by atoms with Crippen molar-refractivity contribution < 1.29 is 27.8 Å². The van der Waals surface area contributed by atoms with E-state index in [0.29, 0.717) is 25.3 Å². The number of rotatable bonds is 5. The van der Waals surface area contributed by atoms with Crippen molar-refractivity contribution >= 4 is 15.7 Å². The van der Waals surface area contributed by atoms with Gasteiger partial charge in [0.1, 0.15) is 0 Å². The quantitative estimate of drug-likeness (QED) is 0.600. The Morgan fingerprint density at radius 1 is 1.00 bits per heavy atom. The van der Waals surface area contributed by atoms with Gasteiger partial charge in [-0.1, -0.05) is 24.3 Å². The predicted molar refractivity (Wildman–Crippen MR) is 146 cm³/mol. The Kier molecular flexibility index (Phi) is 7.00. The van der Waals surface area contributed by atoms with Gasteiger partial charge in [-0.05, 0) is 93.7 Å². The molecule has 5 rings (SSSR count). The van der Waals surface area contributed by atoms with Gasteiger partial charge in [0, 0.05) is 24.9 Å². The Morgan fingerprint density at radius 2 is 1.58 bits per heavy atom. The van der Waals surface area contributed by atoms with Crippen LogP contribution in [0.15, 0.2) is 53.4 Å². The number of amides is 1. The molecule has 0 aliphatic carbocycles. The monoisotopic (exact) mass is 541 g/mol. The van der Waals surface area contributed by atoms with Crippen molar-refractivity contribution in [1.29, 1.82) is 0 Å². The second-order valence-electron chi connectivity index (χ2n) is 12.3. The van der Waals surface area contributed by atoms with Crippen molar-refractivity contribution in [2.75, 3.05) is 26.0 Å². The molecule has 3 aliphatic heterocycles. The first kappa shape index (κ1) is 27.3. The first-order valence-corrected chi connectivity index (χ1v) is 15.4. The zero-order valence-corrected chi connectivity index (χ0v) is 23.6. The third-order valence-corrected chi connectivity index (χ3v) is 9.98. The van der Waals surface area contributed by atoms with Crippen LogP contribution in [0.2, 0.25) is 0 Å². The summed E-state index contributed by atoms with van der Waals surface area (Å²) in [6.45, 7) is 7.82. The second kappa shape index (κ2) is 9.73. The van der Waals surface area contributed by atoms with Crippen LogP contribution >= 0.6 is 0 Å². The molecule has 0 saturated carbocycles. The summed E-state index contributed by atoms with van der Waals surface area (Å²) < 4.78 is 36.1. The number of nitrogens with zero attached hydrogens (tertiary/aromatic N) is 1. The molecule has 2 aromatic rings. The second-order valence-corrected chi connectivity index (χ2v) is 14.3. The van der Waals surface area contributed by atoms with Crippen LogP contribution in [0, 0.1) is 5.41 Å². The van der Waals surface area contributed by atoms with Gasteiger partial charge in [-0.25, -0.2) is 8.42 Å². The van der Waals surface area contributed by atoms with Crippen molar-refractivity contribution in [3.05, 3.63) is 54.1 Å². The lowest BCUT2D eigenvalue weighted by molar-refractivity contribution is -0.155. The first-order valence-electron chi connectivity index (χ1n) is 13.5. The van der Waals surface area contributed by atoms with E-state index >= 15 is 0 Å². The number of aliphatic hydroxyl groups is 1. The Morgan fingerprint density at radius 3 is 2.11 bits per heavy atom. The molecular formula is C30H39NO6S. The van der Waals surface area contributed by atoms with Crippen LogP contribution in [0.5, 0.6) is 0 Å². The van der Waals surface area contributed by atoms with E-state index in [1.54, 1.807) is 38.1 Å². The molecule has 3 saturated heterocycles. The van der Waals surface area contributed by atoms with E-state index in [9.17, 15) is 18.3 Å². The fourth-order valence-electron chi connectivity index (χ4n) is 6.19. The summed E-state index contributed by atoms with van der Waals surface area (Å²) >= 11 is 0. The Bertz CT molecular complexity index is 1270. The van der Waals surface area contributed by atoms with Crippen molar-refractivity contribution in [3.63, 3.8) is 0 Å². The number of hydrogen-bond donors (Lipinski definition) is 1. The molecule has 8 heteroatoms. The molecule has 1 spiro atoms. The molecule has 2 aromatic carbocycles. The summed E-state index contributed by atoms with van der Waals surface area (Å²) in [6, 6.07) is 14.3. The maximum atomic E-state index is 13.2. The van der Waals surface area contributed by atoms with Crippen molar-refractivity contribution in [1.82, 2.24) is 4.90 Å². The van der Waals surface area contributed by atoms with Gasteiger partial charge in [-0.15, -0.1) is 0 Å². The maximum Gasteiger partial charge on any atom is 0.253 e. The molecule has 0 unspecified atom stereocenters. The van der Waals surface area contributed by atoms with Gasteiger partial charge in [0.25, 0.3) is 5.91 Å². The van der Waals surface area contributed by atoms with Gasteiger partial charge < -0.3 is 19.5 Å². The molecule has 7 nitrogen and oxygen atoms in total. The largest absolute Gasteiger partial charge is 0.388 e. The highest BCUT2D eigenvalue weighted by Gasteiger charge is 2.53. The molecular weight excluding hydrogens is 502 g/mol. The van der Waals surface area contributed by atoms with E-state index in [-0.39, 0.29) is 34.0 Å². The topological polar surface area (TPSA) is 93.1 Å². The van der Waals surface area contributed by atoms with Crippen LogP contribution in [-0.2, 0) is 19.3 Å². The zero-order chi connectivity index (χ0) is 27.3. The van der Waals surface area contributed by atoms with Crippen LogP contribution in [0.4, 0.5) is 0 Å². The van der Waals surface area contributed by atoms with Crippen LogP contribution in [0.25, 0.3) is 11.1 Å². The fraction of sp³-hybridized carbons (Fsp3) is 0.567. The number of carbonyl (C=O) groups excluding carboxylic acids is 1. The van der Waals surface area contributed by atoms with E-state index < -0.39 is 15.4 Å². The van der Waals surface area contributed by atoms with Crippen molar-refractivity contribution in [3.8, 4) is 11.1 Å². The first-order chi connectivity index (χ1) is 17.8. The van der Waals surface area contributed by atoms with Crippen LogP contribution in [0.3, 0.4) is 0 Å². The van der Waals surface area contributed by atoms with Gasteiger partial charge in [0.05, 0.1) is 34.9 Å². The molecule has 3 aliphatic rings. The highest BCUT2D eigenvalue weighted by atomic mass is 32.2. The summed E-state index contributed by atoms with van der Waals surface area (Å²) in [7, 11) is -3.23. The minimum absolute atomic E-state index is 0.0103. The number of piperidine rings is 1. The number of carbonyl (C=O) groups is 1. The predicted octanol–water partition coefficient (Wildman–Crippen LogP) is 4.48. The summed E-state index contributed by atoms with van der Waals surface area (Å²) in [5, 5.41) is 10.4. The lowest BCUT2D eigenvalue weighted by Gasteiger charge is -2.39. The van der Waals surface area contributed by atoms with Gasteiger partial charge in [-0.2, -0.15) is 0 Å². The molecule has 0 aromatic heterocycles. The Balaban J connectivity index is 1.18. The maximum absolute atomic E-state index is 13.2. The molecule has 0 radical (unpaired) electrons.